The fourth-order valence-electron chi connectivity index (χ4n) is 4.30. The van der Waals surface area contributed by atoms with Gasteiger partial charge in [0.15, 0.2) is 0 Å². The van der Waals surface area contributed by atoms with Crippen molar-refractivity contribution in [3.8, 4) is 0 Å². The molecule has 0 atom stereocenters. The van der Waals surface area contributed by atoms with Gasteiger partial charge in [0.05, 0.1) is 11.4 Å². The number of hydrogen-bond acceptors (Lipinski definition) is 4. The van der Waals surface area contributed by atoms with Crippen LogP contribution < -0.4 is 15.1 Å². The van der Waals surface area contributed by atoms with Crippen molar-refractivity contribution in [3.63, 3.8) is 0 Å². The van der Waals surface area contributed by atoms with Gasteiger partial charge in [-0.3, -0.25) is 14.4 Å². The van der Waals surface area contributed by atoms with E-state index in [1.54, 1.807) is 49.2 Å². The highest BCUT2D eigenvalue weighted by Crippen LogP contribution is 2.30. The first-order valence-electron chi connectivity index (χ1n) is 11.7. The fraction of sp³-hybridized carbons (Fsp3) is 0.250. The molecule has 0 spiro atoms. The van der Waals surface area contributed by atoms with Gasteiger partial charge >= 0.3 is 0 Å². The molecule has 0 aromatic heterocycles. The highest BCUT2D eigenvalue weighted by atomic mass is 16.2. The molecule has 0 saturated carbocycles. The predicted octanol–water partition coefficient (Wildman–Crippen LogP) is 4.19. The van der Waals surface area contributed by atoms with Gasteiger partial charge in [0.1, 0.15) is 0 Å². The van der Waals surface area contributed by atoms with Crippen molar-refractivity contribution >= 4 is 34.8 Å². The predicted molar refractivity (Wildman–Crippen MR) is 139 cm³/mol. The van der Waals surface area contributed by atoms with E-state index in [-0.39, 0.29) is 17.7 Å². The minimum atomic E-state index is -0.182. The molecule has 1 fully saturated rings. The number of carbonyl (C=O) groups is 3. The number of para-hydroxylation sites is 2. The number of nitrogens with one attached hydrogen (secondary N) is 1. The minimum absolute atomic E-state index is 0.0868. The van der Waals surface area contributed by atoms with E-state index in [0.717, 1.165) is 16.9 Å². The first-order chi connectivity index (χ1) is 16.8. The summed E-state index contributed by atoms with van der Waals surface area (Å²) in [6.07, 6.45) is 0. The van der Waals surface area contributed by atoms with Gasteiger partial charge in [-0.05, 0) is 55.0 Å². The third-order valence-corrected chi connectivity index (χ3v) is 6.39. The summed E-state index contributed by atoms with van der Waals surface area (Å²) in [5, 5.41) is 2.89. The summed E-state index contributed by atoms with van der Waals surface area (Å²) in [6, 6.07) is 22.2. The van der Waals surface area contributed by atoms with Crippen molar-refractivity contribution in [3.05, 3.63) is 89.5 Å². The van der Waals surface area contributed by atoms with Crippen LogP contribution in [-0.2, 0) is 4.79 Å². The summed E-state index contributed by atoms with van der Waals surface area (Å²) in [6.45, 7) is 6.25. The van der Waals surface area contributed by atoms with Gasteiger partial charge < -0.3 is 20.0 Å². The number of nitrogens with zero attached hydrogens (tertiary/aromatic N) is 3. The summed E-state index contributed by atoms with van der Waals surface area (Å²) in [5.74, 6) is -0.238. The number of piperazine rings is 1. The van der Waals surface area contributed by atoms with Crippen LogP contribution in [0.4, 0.5) is 17.1 Å². The number of benzene rings is 3. The topological polar surface area (TPSA) is 73.0 Å². The Morgan fingerprint density at radius 2 is 1.46 bits per heavy atom. The van der Waals surface area contributed by atoms with E-state index in [1.807, 2.05) is 54.3 Å². The SMILES string of the molecule is CC(=O)N1CCN(c2ccccc2N(C)C(=O)c2ccc(NC(=O)c3ccccc3C)cc2)CC1. The quantitative estimate of drug-likeness (QED) is 0.607. The van der Waals surface area contributed by atoms with Crippen LogP contribution in [0.2, 0.25) is 0 Å². The lowest BCUT2D eigenvalue weighted by Gasteiger charge is -2.37. The van der Waals surface area contributed by atoms with E-state index in [4.69, 9.17) is 0 Å². The Bertz CT molecular complexity index is 1230. The van der Waals surface area contributed by atoms with Crippen molar-refractivity contribution in [2.75, 3.05) is 48.3 Å². The Labute approximate surface area is 206 Å². The molecule has 0 bridgehead atoms. The zero-order valence-electron chi connectivity index (χ0n) is 20.3. The molecule has 3 amide bonds. The second kappa shape index (κ2) is 10.4. The maximum absolute atomic E-state index is 13.3. The summed E-state index contributed by atoms with van der Waals surface area (Å²) in [4.78, 5) is 43.2. The number of hydrogen-bond donors (Lipinski definition) is 1. The molecule has 3 aromatic carbocycles. The standard InChI is InChI=1S/C28H30N4O3/c1-20-8-4-5-9-24(20)27(34)29-23-14-12-22(13-15-23)28(35)30(3)25-10-6-7-11-26(25)32-18-16-31(17-19-32)21(2)33/h4-15H,16-19H2,1-3H3,(H,29,34). The van der Waals surface area contributed by atoms with Crippen molar-refractivity contribution < 1.29 is 14.4 Å². The number of amides is 3. The zero-order valence-corrected chi connectivity index (χ0v) is 20.3. The Morgan fingerprint density at radius 3 is 2.11 bits per heavy atom. The summed E-state index contributed by atoms with van der Waals surface area (Å²) in [5.41, 5.74) is 4.45. The third-order valence-electron chi connectivity index (χ3n) is 6.39. The molecular weight excluding hydrogens is 440 g/mol. The smallest absolute Gasteiger partial charge is 0.258 e. The molecule has 180 valence electrons. The molecule has 7 nitrogen and oxygen atoms in total. The molecule has 1 aliphatic heterocycles. The average molecular weight is 471 g/mol. The molecule has 7 heteroatoms. The van der Waals surface area contributed by atoms with Crippen molar-refractivity contribution in [1.29, 1.82) is 0 Å². The molecule has 0 radical (unpaired) electrons. The zero-order chi connectivity index (χ0) is 24.9. The minimum Gasteiger partial charge on any atom is -0.366 e. The highest BCUT2D eigenvalue weighted by Gasteiger charge is 2.23. The average Bonchev–Trinajstić information content (AvgIpc) is 2.88. The lowest BCUT2D eigenvalue weighted by Crippen LogP contribution is -2.48. The normalized spacial score (nSPS) is 13.3. The lowest BCUT2D eigenvalue weighted by atomic mass is 10.1. The van der Waals surface area contributed by atoms with Crippen LogP contribution in [0.1, 0.15) is 33.2 Å². The van der Waals surface area contributed by atoms with E-state index >= 15 is 0 Å². The number of aryl methyl sites for hydroxylation is 1. The van der Waals surface area contributed by atoms with Crippen LogP contribution in [0, 0.1) is 6.92 Å². The van der Waals surface area contributed by atoms with Gasteiger partial charge in [-0.1, -0.05) is 30.3 Å². The molecule has 35 heavy (non-hydrogen) atoms. The van der Waals surface area contributed by atoms with E-state index in [1.165, 1.54) is 0 Å². The first-order valence-corrected chi connectivity index (χ1v) is 11.7. The van der Waals surface area contributed by atoms with E-state index in [9.17, 15) is 14.4 Å². The van der Waals surface area contributed by atoms with E-state index in [2.05, 4.69) is 10.2 Å². The number of rotatable bonds is 5. The maximum atomic E-state index is 13.3. The number of anilines is 3. The Kier molecular flexibility index (Phi) is 7.15. The summed E-state index contributed by atoms with van der Waals surface area (Å²) < 4.78 is 0. The third kappa shape index (κ3) is 5.35. The summed E-state index contributed by atoms with van der Waals surface area (Å²) in [7, 11) is 1.76. The van der Waals surface area contributed by atoms with E-state index in [0.29, 0.717) is 43.0 Å². The molecule has 1 aliphatic rings. The van der Waals surface area contributed by atoms with E-state index < -0.39 is 0 Å². The van der Waals surface area contributed by atoms with Gasteiger partial charge in [-0.2, -0.15) is 0 Å². The molecule has 3 aromatic rings. The molecular formula is C28H30N4O3. The van der Waals surface area contributed by atoms with Crippen LogP contribution in [0.3, 0.4) is 0 Å². The largest absolute Gasteiger partial charge is 0.366 e. The van der Waals surface area contributed by atoms with Gasteiger partial charge in [0.2, 0.25) is 5.91 Å². The van der Waals surface area contributed by atoms with Crippen molar-refractivity contribution in [2.45, 2.75) is 13.8 Å². The molecule has 0 unspecified atom stereocenters. The van der Waals surface area contributed by atoms with Gasteiger partial charge in [0.25, 0.3) is 11.8 Å². The second-order valence-electron chi connectivity index (χ2n) is 8.69. The first kappa shape index (κ1) is 24.0. The van der Waals surface area contributed by atoms with Crippen molar-refractivity contribution in [1.82, 2.24) is 4.90 Å². The van der Waals surface area contributed by atoms with Crippen LogP contribution in [-0.4, -0.2) is 55.8 Å². The molecule has 0 aliphatic carbocycles. The van der Waals surface area contributed by atoms with Gasteiger partial charge in [-0.15, -0.1) is 0 Å². The Hall–Kier alpha value is -4.13. The Morgan fingerprint density at radius 1 is 0.829 bits per heavy atom. The molecule has 4 rings (SSSR count). The second-order valence-corrected chi connectivity index (χ2v) is 8.69. The Balaban J connectivity index is 1.46. The molecule has 1 N–H and O–H groups in total. The maximum Gasteiger partial charge on any atom is 0.258 e. The lowest BCUT2D eigenvalue weighted by molar-refractivity contribution is -0.129. The highest BCUT2D eigenvalue weighted by molar-refractivity contribution is 6.08. The molecule has 1 saturated heterocycles. The fourth-order valence-corrected chi connectivity index (χ4v) is 4.30. The summed E-state index contributed by atoms with van der Waals surface area (Å²) >= 11 is 0. The van der Waals surface area contributed by atoms with Crippen molar-refractivity contribution in [2.24, 2.45) is 0 Å². The van der Waals surface area contributed by atoms with Crippen LogP contribution in [0.5, 0.6) is 0 Å². The molecule has 1 heterocycles. The monoisotopic (exact) mass is 470 g/mol. The van der Waals surface area contributed by atoms with Gasteiger partial charge in [0, 0.05) is 57.0 Å². The van der Waals surface area contributed by atoms with Gasteiger partial charge in [-0.25, -0.2) is 0 Å². The van der Waals surface area contributed by atoms with Crippen LogP contribution in [0.15, 0.2) is 72.8 Å². The van der Waals surface area contributed by atoms with Crippen LogP contribution in [0.25, 0.3) is 0 Å². The van der Waals surface area contributed by atoms with Crippen LogP contribution >= 0.6 is 0 Å². The number of carbonyl (C=O) groups excluding carboxylic acids is 3.